The number of amides is 2. The second-order valence-electron chi connectivity index (χ2n) is 7.49. The number of nitrogens with one attached hydrogen (secondary N) is 2. The topological polar surface area (TPSA) is 105 Å². The van der Waals surface area contributed by atoms with E-state index in [0.717, 1.165) is 24.4 Å². The molecule has 1 unspecified atom stereocenters. The quantitative estimate of drug-likeness (QED) is 0.340. The van der Waals surface area contributed by atoms with Gasteiger partial charge in [-0.15, -0.1) is 11.3 Å². The summed E-state index contributed by atoms with van der Waals surface area (Å²) in [5, 5.41) is 18.0. The van der Waals surface area contributed by atoms with Crippen LogP contribution in [0.15, 0.2) is 66.0 Å². The number of carbonyl (C=O) groups excluding carboxylic acids is 2. The van der Waals surface area contributed by atoms with Crippen molar-refractivity contribution in [3.63, 3.8) is 0 Å². The summed E-state index contributed by atoms with van der Waals surface area (Å²) in [7, 11) is 0. The highest BCUT2D eigenvalue weighted by Crippen LogP contribution is 2.30. The Hall–Kier alpha value is -3.56. The van der Waals surface area contributed by atoms with Gasteiger partial charge in [0.15, 0.2) is 0 Å². The van der Waals surface area contributed by atoms with Gasteiger partial charge in [0.2, 0.25) is 0 Å². The van der Waals surface area contributed by atoms with Crippen LogP contribution < -0.4 is 10.6 Å². The monoisotopic (exact) mass is 450 g/mol. The second-order valence-corrected chi connectivity index (χ2v) is 8.47. The predicted molar refractivity (Wildman–Crippen MR) is 122 cm³/mol. The zero-order valence-electron chi connectivity index (χ0n) is 17.2. The van der Waals surface area contributed by atoms with Gasteiger partial charge >= 0.3 is 11.8 Å². The predicted octanol–water partition coefficient (Wildman–Crippen LogP) is 3.51. The lowest BCUT2D eigenvalue weighted by atomic mass is 9.98. The van der Waals surface area contributed by atoms with E-state index in [2.05, 4.69) is 33.7 Å². The molecule has 2 N–H and O–H groups in total. The Kier molecular flexibility index (Phi) is 6.58. The lowest BCUT2D eigenvalue weighted by Gasteiger charge is -2.35. The molecule has 1 aliphatic rings. The van der Waals surface area contributed by atoms with Crippen LogP contribution >= 0.6 is 11.3 Å². The Bertz CT molecular complexity index is 1120. The maximum atomic E-state index is 12.4. The van der Waals surface area contributed by atoms with Crippen LogP contribution in [0, 0.1) is 10.1 Å². The number of benzene rings is 2. The minimum Gasteiger partial charge on any atom is -0.346 e. The summed E-state index contributed by atoms with van der Waals surface area (Å²) < 4.78 is 0. The minimum atomic E-state index is -0.812. The third kappa shape index (κ3) is 5.01. The van der Waals surface area contributed by atoms with E-state index in [4.69, 9.17) is 0 Å². The highest BCUT2D eigenvalue weighted by molar-refractivity contribution is 7.10. The van der Waals surface area contributed by atoms with Crippen LogP contribution in [-0.2, 0) is 22.6 Å². The third-order valence-corrected chi connectivity index (χ3v) is 6.44. The Morgan fingerprint density at radius 1 is 1.03 bits per heavy atom. The van der Waals surface area contributed by atoms with Crippen LogP contribution in [-0.4, -0.2) is 34.7 Å². The second kappa shape index (κ2) is 9.71. The number of rotatable bonds is 6. The molecule has 0 bridgehead atoms. The molecule has 9 heteroatoms. The summed E-state index contributed by atoms with van der Waals surface area (Å²) in [5.74, 6) is -1.56. The summed E-state index contributed by atoms with van der Waals surface area (Å²) in [6.07, 6.45) is 0.937. The van der Waals surface area contributed by atoms with Gasteiger partial charge < -0.3 is 10.6 Å². The van der Waals surface area contributed by atoms with Crippen molar-refractivity contribution in [3.8, 4) is 0 Å². The Morgan fingerprint density at radius 2 is 1.78 bits per heavy atom. The number of anilines is 1. The molecule has 2 aromatic carbocycles. The summed E-state index contributed by atoms with van der Waals surface area (Å²) in [6.45, 7) is 1.95. The molecule has 32 heavy (non-hydrogen) atoms. The van der Waals surface area contributed by atoms with Crippen LogP contribution in [0.3, 0.4) is 0 Å². The molecular formula is C23H22N4O4S. The Morgan fingerprint density at radius 3 is 2.47 bits per heavy atom. The van der Waals surface area contributed by atoms with Crippen molar-refractivity contribution >= 4 is 34.5 Å². The fourth-order valence-electron chi connectivity index (χ4n) is 3.80. The normalized spacial score (nSPS) is 14.2. The van der Waals surface area contributed by atoms with Gasteiger partial charge in [0, 0.05) is 42.3 Å². The number of nitrogens with zero attached hydrogens (tertiary/aromatic N) is 2. The van der Waals surface area contributed by atoms with Gasteiger partial charge in [0.05, 0.1) is 11.0 Å². The molecule has 0 spiro atoms. The fourth-order valence-corrected chi connectivity index (χ4v) is 4.66. The number of thiophene rings is 1. The van der Waals surface area contributed by atoms with Crippen molar-refractivity contribution in [3.05, 3.63) is 92.2 Å². The number of hydrogen-bond acceptors (Lipinski definition) is 6. The van der Waals surface area contributed by atoms with Gasteiger partial charge in [-0.1, -0.05) is 30.3 Å². The van der Waals surface area contributed by atoms with Crippen LogP contribution in [0.1, 0.15) is 22.0 Å². The zero-order chi connectivity index (χ0) is 22.5. The van der Waals surface area contributed by atoms with E-state index in [1.165, 1.54) is 35.4 Å². The lowest BCUT2D eigenvalue weighted by molar-refractivity contribution is -0.384. The Labute approximate surface area is 189 Å². The summed E-state index contributed by atoms with van der Waals surface area (Å²) in [4.78, 5) is 38.4. The van der Waals surface area contributed by atoms with Gasteiger partial charge in [0.25, 0.3) is 5.69 Å². The van der Waals surface area contributed by atoms with E-state index in [0.29, 0.717) is 12.2 Å². The van der Waals surface area contributed by atoms with E-state index in [1.807, 2.05) is 23.6 Å². The molecule has 0 radical (unpaired) electrons. The first-order valence-corrected chi connectivity index (χ1v) is 11.1. The zero-order valence-corrected chi connectivity index (χ0v) is 18.0. The molecule has 2 amide bonds. The maximum Gasteiger partial charge on any atom is 0.313 e. The molecule has 0 saturated heterocycles. The number of nitro groups is 1. The van der Waals surface area contributed by atoms with Crippen molar-refractivity contribution in [1.82, 2.24) is 10.2 Å². The molecule has 1 aliphatic heterocycles. The van der Waals surface area contributed by atoms with Gasteiger partial charge in [-0.2, -0.15) is 0 Å². The molecule has 4 rings (SSSR count). The first kappa shape index (κ1) is 21.7. The minimum absolute atomic E-state index is 0.0421. The molecule has 1 atom stereocenters. The van der Waals surface area contributed by atoms with Gasteiger partial charge in [-0.25, -0.2) is 0 Å². The summed E-state index contributed by atoms with van der Waals surface area (Å²) in [6, 6.07) is 17.7. The van der Waals surface area contributed by atoms with Gasteiger partial charge in [0.1, 0.15) is 0 Å². The van der Waals surface area contributed by atoms with Crippen LogP contribution in [0.25, 0.3) is 0 Å². The molecule has 0 aliphatic carbocycles. The molecule has 1 aromatic heterocycles. The standard InChI is InChI=1S/C23H22N4O4S/c28-22(23(29)25-18-7-9-19(10-8-18)27(30)31)24-14-20(21-6-3-13-32-21)26-12-11-16-4-1-2-5-17(16)15-26/h1-10,13,20H,11-12,14-15H2,(H,24,28)(H,25,29). The van der Waals surface area contributed by atoms with Crippen LogP contribution in [0.2, 0.25) is 0 Å². The van der Waals surface area contributed by atoms with E-state index in [9.17, 15) is 19.7 Å². The molecule has 8 nitrogen and oxygen atoms in total. The highest BCUT2D eigenvalue weighted by Gasteiger charge is 2.26. The molecule has 0 saturated carbocycles. The molecular weight excluding hydrogens is 428 g/mol. The van der Waals surface area contributed by atoms with E-state index in [-0.39, 0.29) is 11.7 Å². The first-order valence-electron chi connectivity index (χ1n) is 10.2. The highest BCUT2D eigenvalue weighted by atomic mass is 32.1. The number of non-ortho nitro benzene ring substituents is 1. The van der Waals surface area contributed by atoms with Crippen molar-refractivity contribution in [1.29, 1.82) is 0 Å². The number of hydrogen-bond donors (Lipinski definition) is 2. The number of carbonyl (C=O) groups is 2. The van der Waals surface area contributed by atoms with E-state index >= 15 is 0 Å². The first-order chi connectivity index (χ1) is 15.5. The van der Waals surface area contributed by atoms with E-state index < -0.39 is 16.7 Å². The smallest absolute Gasteiger partial charge is 0.313 e. The molecule has 2 heterocycles. The SMILES string of the molecule is O=C(NCC(c1cccs1)N1CCc2ccccc2C1)C(=O)Nc1ccc([N+](=O)[O-])cc1. The average Bonchev–Trinajstić information content (AvgIpc) is 3.34. The molecule has 164 valence electrons. The van der Waals surface area contributed by atoms with Crippen LogP contribution in [0.4, 0.5) is 11.4 Å². The molecule has 3 aromatic rings. The fraction of sp³-hybridized carbons (Fsp3) is 0.217. The van der Waals surface area contributed by atoms with Crippen LogP contribution in [0.5, 0.6) is 0 Å². The Balaban J connectivity index is 1.39. The molecule has 0 fully saturated rings. The largest absolute Gasteiger partial charge is 0.346 e. The van der Waals surface area contributed by atoms with Crippen molar-refractivity contribution in [2.45, 2.75) is 19.0 Å². The van der Waals surface area contributed by atoms with E-state index in [1.54, 1.807) is 11.3 Å². The van der Waals surface area contributed by atoms with Crippen molar-refractivity contribution < 1.29 is 14.5 Å². The lowest BCUT2D eigenvalue weighted by Crippen LogP contribution is -2.43. The average molecular weight is 451 g/mol. The third-order valence-electron chi connectivity index (χ3n) is 5.47. The summed E-state index contributed by atoms with van der Waals surface area (Å²) in [5.41, 5.74) is 2.86. The maximum absolute atomic E-state index is 12.4. The number of nitro benzene ring substituents is 1. The van der Waals surface area contributed by atoms with Gasteiger partial charge in [-0.3, -0.25) is 24.6 Å². The number of fused-ring (bicyclic) bond motifs is 1. The van der Waals surface area contributed by atoms with Crippen molar-refractivity contribution in [2.24, 2.45) is 0 Å². The summed E-state index contributed by atoms with van der Waals surface area (Å²) >= 11 is 1.62. The van der Waals surface area contributed by atoms with Crippen molar-refractivity contribution in [2.75, 3.05) is 18.4 Å². The van der Waals surface area contributed by atoms with Gasteiger partial charge in [-0.05, 0) is 41.1 Å².